The molecule has 1 aliphatic rings. The number of hydrogen-bond donors (Lipinski definition) is 1. The summed E-state index contributed by atoms with van der Waals surface area (Å²) in [5, 5.41) is 11.5. The van der Waals surface area contributed by atoms with Crippen molar-refractivity contribution in [2.24, 2.45) is 11.8 Å². The van der Waals surface area contributed by atoms with Gasteiger partial charge in [0.1, 0.15) is 24.1 Å². The van der Waals surface area contributed by atoms with E-state index in [9.17, 15) is 9.59 Å². The predicted molar refractivity (Wildman–Crippen MR) is 99.1 cm³/mol. The number of carbonyl (C=O) groups is 1. The van der Waals surface area contributed by atoms with Crippen LogP contribution < -0.4 is 10.9 Å². The van der Waals surface area contributed by atoms with Gasteiger partial charge in [0.25, 0.3) is 5.56 Å². The number of amides is 1. The van der Waals surface area contributed by atoms with Gasteiger partial charge in [0.15, 0.2) is 5.76 Å². The second-order valence-electron chi connectivity index (χ2n) is 7.37. The van der Waals surface area contributed by atoms with Crippen molar-refractivity contribution in [1.29, 1.82) is 0 Å². The molecule has 0 radical (unpaired) electrons. The van der Waals surface area contributed by atoms with Gasteiger partial charge in [-0.1, -0.05) is 26.7 Å². The van der Waals surface area contributed by atoms with E-state index in [0.29, 0.717) is 28.8 Å². The van der Waals surface area contributed by atoms with E-state index in [0.717, 1.165) is 12.8 Å². The average Bonchev–Trinajstić information content (AvgIpc) is 3.31. The Balaban J connectivity index is 1.52. The van der Waals surface area contributed by atoms with Gasteiger partial charge in [0.2, 0.25) is 5.91 Å². The van der Waals surface area contributed by atoms with Gasteiger partial charge in [-0.25, -0.2) is 9.20 Å². The van der Waals surface area contributed by atoms with Crippen LogP contribution in [0.15, 0.2) is 40.0 Å². The molecule has 1 amide bonds. The summed E-state index contributed by atoms with van der Waals surface area (Å²) < 4.78 is 7.90. The molecule has 3 unspecified atom stereocenters. The summed E-state index contributed by atoms with van der Waals surface area (Å²) in [6.45, 7) is 4.29. The normalized spacial score (nSPS) is 22.8. The lowest BCUT2D eigenvalue weighted by atomic mass is 9.78. The molecule has 0 spiro atoms. The molecule has 0 aliphatic heterocycles. The van der Waals surface area contributed by atoms with E-state index < -0.39 is 0 Å². The van der Waals surface area contributed by atoms with Gasteiger partial charge < -0.3 is 9.73 Å². The average molecular weight is 369 g/mol. The molecule has 3 aromatic rings. The molecule has 27 heavy (non-hydrogen) atoms. The van der Waals surface area contributed by atoms with E-state index in [2.05, 4.69) is 29.4 Å². The van der Waals surface area contributed by atoms with Crippen molar-refractivity contribution >= 4 is 11.4 Å². The van der Waals surface area contributed by atoms with Crippen LogP contribution in [0.2, 0.25) is 0 Å². The first-order chi connectivity index (χ1) is 13.0. The maximum Gasteiger partial charge on any atom is 0.293 e. The number of rotatable bonds is 4. The van der Waals surface area contributed by atoms with E-state index in [1.807, 2.05) is 0 Å². The van der Waals surface area contributed by atoms with E-state index in [-0.39, 0.29) is 24.1 Å². The minimum absolute atomic E-state index is 0.103. The fraction of sp³-hybridized carbons (Fsp3) is 0.474. The van der Waals surface area contributed by atoms with Crippen molar-refractivity contribution in [3.63, 3.8) is 0 Å². The minimum Gasteiger partial charge on any atom is -0.463 e. The Kier molecular flexibility index (Phi) is 4.55. The van der Waals surface area contributed by atoms with Gasteiger partial charge in [0.05, 0.1) is 6.26 Å². The van der Waals surface area contributed by atoms with Crippen molar-refractivity contribution in [2.45, 2.75) is 45.7 Å². The number of nitrogens with zero attached hydrogens (tertiary/aromatic N) is 4. The lowest BCUT2D eigenvalue weighted by Crippen LogP contribution is -2.45. The largest absolute Gasteiger partial charge is 0.463 e. The topological polar surface area (TPSA) is 94.4 Å². The van der Waals surface area contributed by atoms with Gasteiger partial charge in [-0.15, -0.1) is 0 Å². The monoisotopic (exact) mass is 369 g/mol. The number of furan rings is 1. The molecule has 8 nitrogen and oxygen atoms in total. The van der Waals surface area contributed by atoms with Crippen LogP contribution in [0.1, 0.15) is 33.1 Å². The zero-order valence-electron chi connectivity index (χ0n) is 15.5. The van der Waals surface area contributed by atoms with Crippen LogP contribution in [0.5, 0.6) is 0 Å². The van der Waals surface area contributed by atoms with E-state index >= 15 is 0 Å². The highest BCUT2D eigenvalue weighted by Crippen LogP contribution is 2.29. The number of hydrogen-bond acceptors (Lipinski definition) is 5. The molecule has 3 atom stereocenters. The number of nitrogens with one attached hydrogen (secondary N) is 1. The van der Waals surface area contributed by atoms with Crippen LogP contribution >= 0.6 is 0 Å². The molecule has 3 heterocycles. The Morgan fingerprint density at radius 2 is 2.22 bits per heavy atom. The molecule has 1 saturated carbocycles. The maximum absolute atomic E-state index is 12.7. The fourth-order valence-electron chi connectivity index (χ4n) is 3.77. The first-order valence-electron chi connectivity index (χ1n) is 9.31. The standard InChI is InChI=1S/C19H23N5O3/c1-12-5-3-6-14(13(12)2)21-18(25)10-23-19(26)16-9-15(17-7-4-8-27-17)22-24(16)11-20-23/h4,7-9,11-14H,3,5-6,10H2,1-2H3,(H,21,25). The Hall–Kier alpha value is -2.90. The molecule has 1 N–H and O–H groups in total. The molecule has 142 valence electrons. The Morgan fingerprint density at radius 3 is 3.00 bits per heavy atom. The summed E-state index contributed by atoms with van der Waals surface area (Å²) in [4.78, 5) is 25.1. The van der Waals surface area contributed by atoms with Crippen molar-refractivity contribution in [2.75, 3.05) is 0 Å². The highest BCUT2D eigenvalue weighted by molar-refractivity contribution is 5.76. The van der Waals surface area contributed by atoms with Gasteiger partial charge in [0, 0.05) is 12.1 Å². The highest BCUT2D eigenvalue weighted by Gasteiger charge is 2.28. The number of fused-ring (bicyclic) bond motifs is 1. The van der Waals surface area contributed by atoms with Gasteiger partial charge in [-0.3, -0.25) is 9.59 Å². The van der Waals surface area contributed by atoms with Gasteiger partial charge in [-0.05, 0) is 30.4 Å². The molecule has 3 aromatic heterocycles. The molecule has 0 bridgehead atoms. The highest BCUT2D eigenvalue weighted by atomic mass is 16.3. The molecule has 1 aliphatic carbocycles. The lowest BCUT2D eigenvalue weighted by Gasteiger charge is -2.34. The van der Waals surface area contributed by atoms with Crippen LogP contribution in [-0.4, -0.2) is 31.3 Å². The van der Waals surface area contributed by atoms with Crippen LogP contribution in [-0.2, 0) is 11.3 Å². The van der Waals surface area contributed by atoms with Crippen LogP contribution in [0, 0.1) is 11.8 Å². The Labute approximate surface area is 156 Å². The van der Waals surface area contributed by atoms with Crippen molar-refractivity contribution < 1.29 is 9.21 Å². The summed E-state index contributed by atoms with van der Waals surface area (Å²) in [6.07, 6.45) is 6.28. The molecular weight excluding hydrogens is 346 g/mol. The molecular formula is C19H23N5O3. The first kappa shape index (κ1) is 17.5. The molecule has 0 saturated heterocycles. The zero-order valence-corrected chi connectivity index (χ0v) is 15.5. The quantitative estimate of drug-likeness (QED) is 0.760. The second-order valence-corrected chi connectivity index (χ2v) is 7.37. The third kappa shape index (κ3) is 3.39. The Bertz CT molecular complexity index is 1000. The van der Waals surface area contributed by atoms with Crippen LogP contribution in [0.25, 0.3) is 17.0 Å². The number of carbonyl (C=O) groups excluding carboxylic acids is 1. The molecule has 4 rings (SSSR count). The molecule has 0 aromatic carbocycles. The van der Waals surface area contributed by atoms with Crippen LogP contribution in [0.4, 0.5) is 0 Å². The van der Waals surface area contributed by atoms with E-state index in [1.54, 1.807) is 24.5 Å². The summed E-state index contributed by atoms with van der Waals surface area (Å²) in [5.41, 5.74) is 0.540. The van der Waals surface area contributed by atoms with Crippen LogP contribution in [0.3, 0.4) is 0 Å². The van der Waals surface area contributed by atoms with E-state index in [4.69, 9.17) is 4.42 Å². The minimum atomic E-state index is -0.358. The van der Waals surface area contributed by atoms with Crippen molar-refractivity contribution in [3.8, 4) is 11.5 Å². The second kappa shape index (κ2) is 7.02. The van der Waals surface area contributed by atoms with Crippen molar-refractivity contribution in [3.05, 3.63) is 41.1 Å². The molecule has 1 fully saturated rings. The van der Waals surface area contributed by atoms with Crippen molar-refractivity contribution in [1.82, 2.24) is 24.7 Å². The third-order valence-corrected chi connectivity index (χ3v) is 5.61. The van der Waals surface area contributed by atoms with Gasteiger partial charge >= 0.3 is 0 Å². The zero-order chi connectivity index (χ0) is 19.0. The summed E-state index contributed by atoms with van der Waals surface area (Å²) in [6, 6.07) is 5.32. The smallest absolute Gasteiger partial charge is 0.293 e. The first-order valence-corrected chi connectivity index (χ1v) is 9.31. The lowest BCUT2D eigenvalue weighted by molar-refractivity contribution is -0.123. The summed E-state index contributed by atoms with van der Waals surface area (Å²) in [7, 11) is 0. The fourth-order valence-corrected chi connectivity index (χ4v) is 3.77. The number of aromatic nitrogens is 4. The third-order valence-electron chi connectivity index (χ3n) is 5.61. The summed E-state index contributed by atoms with van der Waals surface area (Å²) >= 11 is 0. The maximum atomic E-state index is 12.7. The Morgan fingerprint density at radius 1 is 1.37 bits per heavy atom. The van der Waals surface area contributed by atoms with Gasteiger partial charge in [-0.2, -0.15) is 10.2 Å². The summed E-state index contributed by atoms with van der Waals surface area (Å²) in [5.74, 6) is 1.40. The predicted octanol–water partition coefficient (Wildman–Crippen LogP) is 2.09. The SMILES string of the molecule is CC1CCCC(NC(=O)Cn2ncn3nc(-c4ccco4)cc3c2=O)C1C. The molecule has 8 heteroatoms. The van der Waals surface area contributed by atoms with E-state index in [1.165, 1.54) is 21.9 Å².